The maximum atomic E-state index is 12.0. The van der Waals surface area contributed by atoms with Crippen molar-refractivity contribution in [3.8, 4) is 0 Å². The number of alkyl halides is 1. The van der Waals surface area contributed by atoms with Crippen molar-refractivity contribution in [2.45, 2.75) is 19.5 Å². The van der Waals surface area contributed by atoms with E-state index in [1.54, 1.807) is 6.20 Å². The van der Waals surface area contributed by atoms with Gasteiger partial charge in [-0.1, -0.05) is 28.1 Å². The molecule has 2 aromatic heterocycles. The summed E-state index contributed by atoms with van der Waals surface area (Å²) in [5, 5.41) is 5.71. The van der Waals surface area contributed by atoms with Gasteiger partial charge in [-0.15, -0.1) is 0 Å². The Morgan fingerprint density at radius 2 is 1.94 bits per heavy atom. The van der Waals surface area contributed by atoms with Crippen LogP contribution in [0.3, 0.4) is 0 Å². The molecule has 12 heteroatoms. The minimum absolute atomic E-state index is 0.0572. The number of fused-ring (bicyclic) bond motifs is 1. The van der Waals surface area contributed by atoms with Gasteiger partial charge < -0.3 is 27.0 Å². The van der Waals surface area contributed by atoms with Crippen molar-refractivity contribution >= 4 is 56.4 Å². The van der Waals surface area contributed by atoms with Gasteiger partial charge in [-0.25, -0.2) is 9.97 Å². The summed E-state index contributed by atoms with van der Waals surface area (Å²) in [6, 6.07) is 7.81. The SMILES string of the molecule is CN(Cc1cnc2nc(N)nc(N)c2n1)c1cccc(CNC(=O)CCNC(=O)CBr)c1. The van der Waals surface area contributed by atoms with Gasteiger partial charge in [-0.3, -0.25) is 9.59 Å². The Bertz CT molecular complexity index is 1130. The van der Waals surface area contributed by atoms with Crippen LogP contribution in [0.4, 0.5) is 17.5 Å². The van der Waals surface area contributed by atoms with Gasteiger partial charge in [-0.2, -0.15) is 9.97 Å². The van der Waals surface area contributed by atoms with E-state index in [0.717, 1.165) is 11.3 Å². The van der Waals surface area contributed by atoms with Crippen molar-refractivity contribution in [2.75, 3.05) is 35.3 Å². The lowest BCUT2D eigenvalue weighted by Crippen LogP contribution is -2.31. The molecule has 0 atom stereocenters. The van der Waals surface area contributed by atoms with Crippen molar-refractivity contribution in [1.29, 1.82) is 0 Å². The number of nitrogens with two attached hydrogens (primary N) is 2. The molecule has 11 nitrogen and oxygen atoms in total. The molecule has 2 amide bonds. The highest BCUT2D eigenvalue weighted by Crippen LogP contribution is 2.19. The Kier molecular flexibility index (Phi) is 7.71. The van der Waals surface area contributed by atoms with Crippen LogP contribution in [0.1, 0.15) is 17.7 Å². The molecule has 0 fully saturated rings. The summed E-state index contributed by atoms with van der Waals surface area (Å²) < 4.78 is 0. The molecule has 6 N–H and O–H groups in total. The van der Waals surface area contributed by atoms with Crippen LogP contribution in [0.2, 0.25) is 0 Å². The van der Waals surface area contributed by atoms with Crippen molar-refractivity contribution < 1.29 is 9.59 Å². The summed E-state index contributed by atoms with van der Waals surface area (Å²) in [6.45, 7) is 1.17. The van der Waals surface area contributed by atoms with Gasteiger partial charge in [0.05, 0.1) is 23.8 Å². The molecule has 0 aliphatic rings. The zero-order chi connectivity index (χ0) is 23.1. The van der Waals surface area contributed by atoms with Gasteiger partial charge in [-0.05, 0) is 17.7 Å². The summed E-state index contributed by atoms with van der Waals surface area (Å²) >= 11 is 3.06. The molecule has 32 heavy (non-hydrogen) atoms. The van der Waals surface area contributed by atoms with Gasteiger partial charge in [0.15, 0.2) is 17.0 Å². The Morgan fingerprint density at radius 1 is 1.12 bits per heavy atom. The average molecular weight is 502 g/mol. The van der Waals surface area contributed by atoms with Crippen LogP contribution in [0.25, 0.3) is 11.2 Å². The molecule has 0 aliphatic carbocycles. The number of halogens is 1. The Morgan fingerprint density at radius 3 is 2.72 bits per heavy atom. The van der Waals surface area contributed by atoms with E-state index >= 15 is 0 Å². The van der Waals surface area contributed by atoms with Crippen LogP contribution in [-0.4, -0.2) is 50.7 Å². The van der Waals surface area contributed by atoms with Crippen LogP contribution < -0.4 is 27.0 Å². The van der Waals surface area contributed by atoms with Gasteiger partial charge >= 0.3 is 0 Å². The Labute approximate surface area is 193 Å². The fourth-order valence-electron chi connectivity index (χ4n) is 2.95. The topological polar surface area (TPSA) is 165 Å². The van der Waals surface area contributed by atoms with Crippen molar-refractivity contribution in [3.63, 3.8) is 0 Å². The monoisotopic (exact) mass is 501 g/mol. The Balaban J connectivity index is 1.59. The molecular formula is C20H24BrN9O2. The molecule has 0 unspecified atom stereocenters. The number of anilines is 3. The van der Waals surface area contributed by atoms with Crippen LogP contribution in [-0.2, 0) is 22.7 Å². The van der Waals surface area contributed by atoms with Crippen LogP contribution in [0, 0.1) is 0 Å². The minimum atomic E-state index is -0.149. The maximum absolute atomic E-state index is 12.0. The predicted octanol–water partition coefficient (Wildman–Crippen LogP) is 0.738. The van der Waals surface area contributed by atoms with Crippen molar-refractivity contribution in [1.82, 2.24) is 30.6 Å². The second-order valence-electron chi connectivity index (χ2n) is 7.04. The van der Waals surface area contributed by atoms with E-state index in [9.17, 15) is 9.59 Å². The molecule has 168 valence electrons. The summed E-state index contributed by atoms with van der Waals surface area (Å²) in [6.07, 6.45) is 1.85. The van der Waals surface area contributed by atoms with E-state index in [1.165, 1.54) is 0 Å². The van der Waals surface area contributed by atoms with Gasteiger partial charge in [0.2, 0.25) is 17.8 Å². The largest absolute Gasteiger partial charge is 0.382 e. The number of benzene rings is 1. The summed E-state index contributed by atoms with van der Waals surface area (Å²) in [4.78, 5) is 41.9. The molecule has 0 spiro atoms. The highest BCUT2D eigenvalue weighted by atomic mass is 79.9. The lowest BCUT2D eigenvalue weighted by molar-refractivity contribution is -0.121. The smallest absolute Gasteiger partial charge is 0.230 e. The number of aromatic nitrogens is 4. The average Bonchev–Trinajstić information content (AvgIpc) is 2.78. The number of rotatable bonds is 9. The minimum Gasteiger partial charge on any atom is -0.382 e. The van der Waals surface area contributed by atoms with Gasteiger partial charge in [0.1, 0.15) is 0 Å². The second kappa shape index (κ2) is 10.7. The fraction of sp³-hybridized carbons (Fsp3) is 0.300. The molecule has 0 radical (unpaired) electrons. The summed E-state index contributed by atoms with van der Waals surface area (Å²) in [7, 11) is 1.93. The fourth-order valence-corrected chi connectivity index (χ4v) is 3.15. The molecule has 0 saturated carbocycles. The number of hydrogen-bond donors (Lipinski definition) is 4. The number of carbonyl (C=O) groups excluding carboxylic acids is 2. The zero-order valence-corrected chi connectivity index (χ0v) is 19.1. The molecule has 3 rings (SSSR count). The van der Waals surface area contributed by atoms with E-state index in [1.807, 2.05) is 36.2 Å². The van der Waals surface area contributed by atoms with Gasteiger partial charge in [0, 0.05) is 32.2 Å². The van der Waals surface area contributed by atoms with Crippen molar-refractivity contribution in [2.24, 2.45) is 0 Å². The normalized spacial score (nSPS) is 10.7. The lowest BCUT2D eigenvalue weighted by Gasteiger charge is -2.20. The first kappa shape index (κ1) is 23.1. The number of carbonyl (C=O) groups is 2. The van der Waals surface area contributed by atoms with Crippen LogP contribution in [0.15, 0.2) is 30.5 Å². The molecule has 0 bridgehead atoms. The van der Waals surface area contributed by atoms with E-state index in [4.69, 9.17) is 11.5 Å². The van der Waals surface area contributed by atoms with E-state index in [-0.39, 0.29) is 35.3 Å². The molecule has 0 saturated heterocycles. The maximum Gasteiger partial charge on any atom is 0.230 e. The highest BCUT2D eigenvalue weighted by molar-refractivity contribution is 9.09. The number of nitrogen functional groups attached to an aromatic ring is 2. The summed E-state index contributed by atoms with van der Waals surface area (Å²) in [5.74, 6) is -0.0368. The number of amides is 2. The third kappa shape index (κ3) is 6.23. The van der Waals surface area contributed by atoms with Crippen molar-refractivity contribution in [3.05, 3.63) is 41.7 Å². The Hall–Kier alpha value is -3.54. The van der Waals surface area contributed by atoms with E-state index in [2.05, 4.69) is 46.5 Å². The number of hydrogen-bond acceptors (Lipinski definition) is 9. The second-order valence-corrected chi connectivity index (χ2v) is 7.60. The molecule has 2 heterocycles. The van der Waals surface area contributed by atoms with Crippen LogP contribution in [0.5, 0.6) is 0 Å². The molecule has 1 aromatic carbocycles. The predicted molar refractivity (Wildman–Crippen MR) is 126 cm³/mol. The zero-order valence-electron chi connectivity index (χ0n) is 17.5. The lowest BCUT2D eigenvalue weighted by atomic mass is 10.2. The quantitative estimate of drug-likeness (QED) is 0.309. The number of nitrogens with one attached hydrogen (secondary N) is 2. The van der Waals surface area contributed by atoms with Gasteiger partial charge in [0.25, 0.3) is 0 Å². The highest BCUT2D eigenvalue weighted by Gasteiger charge is 2.10. The first-order chi connectivity index (χ1) is 15.4. The standard InChI is InChI=1S/C20H24BrN9O2/c1-30(11-13-10-26-19-17(27-13)18(22)28-20(23)29-19)14-4-2-3-12(7-14)9-25-15(31)5-6-24-16(32)8-21/h2-4,7,10H,5-6,8-9,11H2,1H3,(H,24,32)(H,25,31)(H4,22,23,26,28,29). The first-order valence-electron chi connectivity index (χ1n) is 9.79. The van der Waals surface area contributed by atoms with E-state index in [0.29, 0.717) is 36.5 Å². The van der Waals surface area contributed by atoms with Crippen LogP contribution >= 0.6 is 15.9 Å². The molecular weight excluding hydrogens is 478 g/mol. The number of nitrogens with zero attached hydrogens (tertiary/aromatic N) is 5. The molecule has 3 aromatic rings. The first-order valence-corrected chi connectivity index (χ1v) is 10.9. The summed E-state index contributed by atoms with van der Waals surface area (Å²) in [5.41, 5.74) is 14.8. The third-order valence-electron chi connectivity index (χ3n) is 4.54. The van der Waals surface area contributed by atoms with E-state index < -0.39 is 0 Å². The molecule has 0 aliphatic heterocycles. The third-order valence-corrected chi connectivity index (χ3v) is 5.05.